The number of hydrogen-bond donors (Lipinski definition) is 1. The predicted molar refractivity (Wildman–Crippen MR) is 71.9 cm³/mol. The van der Waals surface area contributed by atoms with Crippen molar-refractivity contribution in [2.75, 3.05) is 12.3 Å². The second-order valence-electron chi connectivity index (χ2n) is 3.85. The van der Waals surface area contributed by atoms with Crippen LogP contribution in [0.4, 0.5) is 0 Å². The Morgan fingerprint density at radius 3 is 2.94 bits per heavy atom. The molecule has 1 heterocycles. The van der Waals surface area contributed by atoms with Crippen LogP contribution in [0.15, 0.2) is 23.4 Å². The zero-order chi connectivity index (χ0) is 11.6. The molecule has 0 saturated heterocycles. The van der Waals surface area contributed by atoms with E-state index in [4.69, 9.17) is 0 Å². The van der Waals surface area contributed by atoms with Gasteiger partial charge in [0, 0.05) is 12.7 Å². The molecule has 1 aromatic rings. The summed E-state index contributed by atoms with van der Waals surface area (Å²) in [5, 5.41) is 4.62. The molecule has 0 aliphatic heterocycles. The van der Waals surface area contributed by atoms with Crippen LogP contribution in [0.2, 0.25) is 0 Å². The fourth-order valence-corrected chi connectivity index (χ4v) is 2.49. The van der Waals surface area contributed by atoms with E-state index >= 15 is 0 Å². The van der Waals surface area contributed by atoms with Gasteiger partial charge in [-0.2, -0.15) is 0 Å². The highest BCUT2D eigenvalue weighted by atomic mass is 32.2. The molecule has 1 aromatic heterocycles. The summed E-state index contributed by atoms with van der Waals surface area (Å²) in [5.41, 5.74) is 1.33. The summed E-state index contributed by atoms with van der Waals surface area (Å²) in [6.07, 6.45) is 5.59. The van der Waals surface area contributed by atoms with Gasteiger partial charge in [-0.1, -0.05) is 26.3 Å². The van der Waals surface area contributed by atoms with Crippen LogP contribution >= 0.6 is 11.8 Å². The third-order valence-corrected chi connectivity index (χ3v) is 3.46. The standard InChI is InChI=1S/C13H22N2S/c1-3-5-10-16-13-12(7-6-9-15-13)11-14-8-4-2/h6-7,9,14H,3-5,8,10-11H2,1-2H3. The monoisotopic (exact) mass is 238 g/mol. The van der Waals surface area contributed by atoms with Gasteiger partial charge in [0.25, 0.3) is 0 Å². The largest absolute Gasteiger partial charge is 0.313 e. The van der Waals surface area contributed by atoms with Crippen molar-refractivity contribution in [1.29, 1.82) is 0 Å². The highest BCUT2D eigenvalue weighted by Crippen LogP contribution is 2.20. The second kappa shape index (κ2) is 8.59. The van der Waals surface area contributed by atoms with E-state index in [0.717, 1.165) is 13.1 Å². The quantitative estimate of drug-likeness (QED) is 0.554. The van der Waals surface area contributed by atoms with E-state index in [1.54, 1.807) is 0 Å². The van der Waals surface area contributed by atoms with Crippen LogP contribution < -0.4 is 5.32 Å². The minimum atomic E-state index is 0.941. The molecule has 1 N–H and O–H groups in total. The number of unbranched alkanes of at least 4 members (excludes halogenated alkanes) is 1. The average Bonchev–Trinajstić information content (AvgIpc) is 2.32. The van der Waals surface area contributed by atoms with Gasteiger partial charge in [-0.3, -0.25) is 0 Å². The molecule has 1 rings (SSSR count). The Bertz CT molecular complexity index is 260. The lowest BCUT2D eigenvalue weighted by atomic mass is 10.3. The number of pyridine rings is 1. The lowest BCUT2D eigenvalue weighted by molar-refractivity contribution is 0.665. The molecular formula is C13H22N2S. The van der Waals surface area contributed by atoms with Gasteiger partial charge in [-0.05, 0) is 36.8 Å². The van der Waals surface area contributed by atoms with Crippen LogP contribution in [0.25, 0.3) is 0 Å². The summed E-state index contributed by atoms with van der Waals surface area (Å²) in [6.45, 7) is 6.43. The third kappa shape index (κ3) is 4.99. The first-order valence-corrected chi connectivity index (χ1v) is 7.14. The summed E-state index contributed by atoms with van der Waals surface area (Å²) in [7, 11) is 0. The topological polar surface area (TPSA) is 24.9 Å². The Balaban J connectivity index is 2.46. The molecule has 16 heavy (non-hydrogen) atoms. The van der Waals surface area contributed by atoms with Gasteiger partial charge in [-0.15, -0.1) is 11.8 Å². The fraction of sp³-hybridized carbons (Fsp3) is 0.615. The molecule has 0 unspecified atom stereocenters. The molecular weight excluding hydrogens is 216 g/mol. The summed E-state index contributed by atoms with van der Waals surface area (Å²) in [6, 6.07) is 4.19. The van der Waals surface area contributed by atoms with Crippen molar-refractivity contribution in [1.82, 2.24) is 10.3 Å². The van der Waals surface area contributed by atoms with Crippen molar-refractivity contribution < 1.29 is 0 Å². The first-order valence-electron chi connectivity index (χ1n) is 6.15. The van der Waals surface area contributed by atoms with E-state index in [-0.39, 0.29) is 0 Å². The van der Waals surface area contributed by atoms with Crippen LogP contribution in [-0.4, -0.2) is 17.3 Å². The van der Waals surface area contributed by atoms with Crippen LogP contribution in [0, 0.1) is 0 Å². The lowest BCUT2D eigenvalue weighted by Gasteiger charge is -2.08. The summed E-state index contributed by atoms with van der Waals surface area (Å²) >= 11 is 1.88. The van der Waals surface area contributed by atoms with Gasteiger partial charge in [0.15, 0.2) is 0 Å². The van der Waals surface area contributed by atoms with E-state index < -0.39 is 0 Å². The van der Waals surface area contributed by atoms with Crippen molar-refractivity contribution in [3.05, 3.63) is 23.9 Å². The summed E-state index contributed by atoms with van der Waals surface area (Å²) in [4.78, 5) is 4.45. The molecule has 0 aliphatic rings. The number of aromatic nitrogens is 1. The van der Waals surface area contributed by atoms with Crippen LogP contribution in [0.5, 0.6) is 0 Å². The first kappa shape index (κ1) is 13.5. The van der Waals surface area contributed by atoms with E-state index in [9.17, 15) is 0 Å². The number of thioether (sulfide) groups is 1. The zero-order valence-electron chi connectivity index (χ0n) is 10.3. The molecule has 0 aliphatic carbocycles. The average molecular weight is 238 g/mol. The highest BCUT2D eigenvalue weighted by Gasteiger charge is 2.02. The molecule has 3 heteroatoms. The van der Waals surface area contributed by atoms with Crippen LogP contribution in [0.3, 0.4) is 0 Å². The molecule has 0 aromatic carbocycles. The molecule has 0 radical (unpaired) electrons. The Morgan fingerprint density at radius 1 is 1.31 bits per heavy atom. The van der Waals surface area contributed by atoms with Gasteiger partial charge in [-0.25, -0.2) is 4.98 Å². The van der Waals surface area contributed by atoms with E-state index in [0.29, 0.717) is 0 Å². The lowest BCUT2D eigenvalue weighted by Crippen LogP contribution is -2.14. The third-order valence-electron chi connectivity index (χ3n) is 2.33. The Labute approximate surface area is 103 Å². The maximum atomic E-state index is 4.45. The van der Waals surface area contributed by atoms with E-state index in [2.05, 4.69) is 30.2 Å². The van der Waals surface area contributed by atoms with Crippen molar-refractivity contribution in [3.63, 3.8) is 0 Å². The molecule has 90 valence electrons. The van der Waals surface area contributed by atoms with Crippen LogP contribution in [0.1, 0.15) is 38.7 Å². The minimum absolute atomic E-state index is 0.941. The summed E-state index contributed by atoms with van der Waals surface area (Å²) in [5.74, 6) is 1.17. The van der Waals surface area contributed by atoms with Gasteiger partial charge < -0.3 is 5.32 Å². The van der Waals surface area contributed by atoms with Crippen molar-refractivity contribution in [2.45, 2.75) is 44.7 Å². The molecule has 0 atom stereocenters. The molecule has 2 nitrogen and oxygen atoms in total. The number of hydrogen-bond acceptors (Lipinski definition) is 3. The van der Waals surface area contributed by atoms with Crippen molar-refractivity contribution in [2.24, 2.45) is 0 Å². The fourth-order valence-electron chi connectivity index (χ4n) is 1.40. The Hall–Kier alpha value is -0.540. The number of nitrogens with one attached hydrogen (secondary N) is 1. The molecule has 0 amide bonds. The van der Waals surface area contributed by atoms with E-state index in [1.807, 2.05) is 24.0 Å². The van der Waals surface area contributed by atoms with Crippen molar-refractivity contribution in [3.8, 4) is 0 Å². The first-order chi connectivity index (χ1) is 7.88. The van der Waals surface area contributed by atoms with Gasteiger partial charge in [0.05, 0.1) is 0 Å². The van der Waals surface area contributed by atoms with Crippen LogP contribution in [-0.2, 0) is 6.54 Å². The smallest absolute Gasteiger partial charge is 0.100 e. The maximum absolute atomic E-state index is 4.45. The minimum Gasteiger partial charge on any atom is -0.313 e. The summed E-state index contributed by atoms with van der Waals surface area (Å²) < 4.78 is 0. The Kier molecular flexibility index (Phi) is 7.26. The predicted octanol–water partition coefficient (Wildman–Crippen LogP) is 3.47. The number of nitrogens with zero attached hydrogens (tertiary/aromatic N) is 1. The zero-order valence-corrected chi connectivity index (χ0v) is 11.1. The number of rotatable bonds is 8. The molecule has 0 fully saturated rings. The van der Waals surface area contributed by atoms with Gasteiger partial charge in [0.1, 0.15) is 5.03 Å². The highest BCUT2D eigenvalue weighted by molar-refractivity contribution is 7.99. The normalized spacial score (nSPS) is 10.6. The molecule has 0 spiro atoms. The van der Waals surface area contributed by atoms with Crippen molar-refractivity contribution >= 4 is 11.8 Å². The Morgan fingerprint density at radius 2 is 2.19 bits per heavy atom. The second-order valence-corrected chi connectivity index (χ2v) is 4.93. The van der Waals surface area contributed by atoms with Gasteiger partial charge in [0.2, 0.25) is 0 Å². The van der Waals surface area contributed by atoms with E-state index in [1.165, 1.54) is 35.6 Å². The van der Waals surface area contributed by atoms with Gasteiger partial charge >= 0.3 is 0 Å². The maximum Gasteiger partial charge on any atom is 0.100 e. The molecule has 0 saturated carbocycles. The molecule has 0 bridgehead atoms. The SMILES string of the molecule is CCCCSc1ncccc1CNCCC.